The zero-order valence-corrected chi connectivity index (χ0v) is 13.4. The average molecular weight is 308 g/mol. The number of carbonyl (C=O) groups is 2. The van der Waals surface area contributed by atoms with Gasteiger partial charge in [0.1, 0.15) is 0 Å². The first kappa shape index (κ1) is 15.8. The Balaban J connectivity index is 1.46. The van der Waals surface area contributed by atoms with Crippen molar-refractivity contribution < 1.29 is 14.7 Å². The molecule has 2 atom stereocenters. The molecule has 0 radical (unpaired) electrons. The fourth-order valence-corrected chi connectivity index (χ4v) is 4.49. The number of nitrogens with zero attached hydrogens (tertiary/aromatic N) is 2. The summed E-state index contributed by atoms with van der Waals surface area (Å²) in [7, 11) is 0. The summed E-state index contributed by atoms with van der Waals surface area (Å²) in [6.07, 6.45) is 7.77. The summed E-state index contributed by atoms with van der Waals surface area (Å²) >= 11 is 0. The van der Waals surface area contributed by atoms with Gasteiger partial charge in [-0.3, -0.25) is 9.59 Å². The van der Waals surface area contributed by atoms with E-state index in [1.807, 2.05) is 9.80 Å². The van der Waals surface area contributed by atoms with Crippen LogP contribution < -0.4 is 0 Å². The number of hydrogen-bond acceptors (Lipinski definition) is 3. The topological polar surface area (TPSA) is 60.9 Å². The summed E-state index contributed by atoms with van der Waals surface area (Å²) in [5.41, 5.74) is -0.0289. The number of rotatable bonds is 4. The van der Waals surface area contributed by atoms with E-state index in [4.69, 9.17) is 0 Å². The monoisotopic (exact) mass is 308 g/mol. The number of amides is 2. The van der Waals surface area contributed by atoms with Gasteiger partial charge in [0.05, 0.1) is 6.10 Å². The highest BCUT2D eigenvalue weighted by molar-refractivity contribution is 5.78. The molecule has 2 aliphatic heterocycles. The minimum atomic E-state index is -0.231. The average Bonchev–Trinajstić information content (AvgIpc) is 3.07. The molecule has 0 aromatic rings. The standard InChI is InChI=1S/C17H28N2O3/c20-14-5-1-8-17(14)9-4-12-19(13-17)16(22)7-3-11-18-10-2-6-15(18)21/h14,20H,1-13H2/t14-,17-/m1/s1. The zero-order chi connectivity index (χ0) is 15.6. The van der Waals surface area contributed by atoms with Crippen LogP contribution in [0.3, 0.4) is 0 Å². The Morgan fingerprint density at radius 2 is 2.05 bits per heavy atom. The summed E-state index contributed by atoms with van der Waals surface area (Å²) in [5, 5.41) is 10.3. The van der Waals surface area contributed by atoms with Crippen molar-refractivity contribution in [3.8, 4) is 0 Å². The summed E-state index contributed by atoms with van der Waals surface area (Å²) in [4.78, 5) is 27.8. The molecule has 3 fully saturated rings. The van der Waals surface area contributed by atoms with Crippen molar-refractivity contribution in [1.29, 1.82) is 0 Å². The summed E-state index contributed by atoms with van der Waals surface area (Å²) in [6.45, 7) is 3.13. The van der Waals surface area contributed by atoms with Crippen LogP contribution in [0.25, 0.3) is 0 Å². The number of carbonyl (C=O) groups excluding carboxylic acids is 2. The summed E-state index contributed by atoms with van der Waals surface area (Å²) in [5.74, 6) is 0.434. The molecule has 1 N–H and O–H groups in total. The molecule has 3 aliphatic rings. The van der Waals surface area contributed by atoms with Crippen LogP contribution in [-0.2, 0) is 9.59 Å². The Bertz CT molecular complexity index is 440. The molecule has 0 aromatic carbocycles. The first-order valence-electron chi connectivity index (χ1n) is 8.84. The molecule has 0 bridgehead atoms. The second-order valence-electron chi connectivity index (χ2n) is 7.28. The Morgan fingerprint density at radius 1 is 1.23 bits per heavy atom. The van der Waals surface area contributed by atoms with E-state index in [1.165, 1.54) is 0 Å². The Labute approximate surface area is 132 Å². The third-order valence-electron chi connectivity index (χ3n) is 5.81. The minimum Gasteiger partial charge on any atom is -0.392 e. The van der Waals surface area contributed by atoms with E-state index in [9.17, 15) is 14.7 Å². The normalized spacial score (nSPS) is 32.2. The lowest BCUT2D eigenvalue weighted by Gasteiger charge is -2.42. The number of aliphatic hydroxyl groups excluding tert-OH is 1. The van der Waals surface area contributed by atoms with Crippen molar-refractivity contribution in [3.05, 3.63) is 0 Å². The van der Waals surface area contributed by atoms with Crippen molar-refractivity contribution in [2.75, 3.05) is 26.2 Å². The lowest BCUT2D eigenvalue weighted by atomic mass is 9.76. The van der Waals surface area contributed by atoms with Crippen LogP contribution in [0.1, 0.15) is 57.8 Å². The second kappa shape index (κ2) is 6.57. The number of aliphatic hydroxyl groups is 1. The van der Waals surface area contributed by atoms with Gasteiger partial charge >= 0.3 is 0 Å². The molecule has 1 spiro atoms. The molecule has 0 unspecified atom stereocenters. The minimum absolute atomic E-state index is 0.0289. The van der Waals surface area contributed by atoms with Gasteiger partial charge in [-0.25, -0.2) is 0 Å². The van der Waals surface area contributed by atoms with Gasteiger partial charge < -0.3 is 14.9 Å². The van der Waals surface area contributed by atoms with E-state index in [0.29, 0.717) is 19.4 Å². The van der Waals surface area contributed by atoms with Gasteiger partial charge in [0.15, 0.2) is 0 Å². The number of likely N-dealkylation sites (tertiary alicyclic amines) is 2. The molecule has 5 nitrogen and oxygen atoms in total. The van der Waals surface area contributed by atoms with Crippen LogP contribution in [0, 0.1) is 5.41 Å². The Hall–Kier alpha value is -1.10. The number of piperidine rings is 1. The second-order valence-corrected chi connectivity index (χ2v) is 7.28. The van der Waals surface area contributed by atoms with Gasteiger partial charge in [-0.05, 0) is 38.5 Å². The molecule has 22 heavy (non-hydrogen) atoms. The van der Waals surface area contributed by atoms with E-state index < -0.39 is 0 Å². The zero-order valence-electron chi connectivity index (χ0n) is 13.4. The third-order valence-corrected chi connectivity index (χ3v) is 5.81. The highest BCUT2D eigenvalue weighted by Crippen LogP contribution is 2.45. The number of hydrogen-bond donors (Lipinski definition) is 1. The van der Waals surface area contributed by atoms with E-state index in [0.717, 1.165) is 64.6 Å². The fourth-order valence-electron chi connectivity index (χ4n) is 4.49. The maximum Gasteiger partial charge on any atom is 0.222 e. The van der Waals surface area contributed by atoms with Crippen LogP contribution in [0.2, 0.25) is 0 Å². The first-order valence-corrected chi connectivity index (χ1v) is 8.84. The van der Waals surface area contributed by atoms with Crippen LogP contribution >= 0.6 is 0 Å². The van der Waals surface area contributed by atoms with Gasteiger partial charge in [0.25, 0.3) is 0 Å². The van der Waals surface area contributed by atoms with Crippen LogP contribution in [0.5, 0.6) is 0 Å². The lowest BCUT2D eigenvalue weighted by molar-refractivity contribution is -0.137. The van der Waals surface area contributed by atoms with E-state index in [-0.39, 0.29) is 23.3 Å². The predicted molar refractivity (Wildman–Crippen MR) is 83.2 cm³/mol. The first-order chi connectivity index (χ1) is 10.6. The molecule has 1 saturated carbocycles. The van der Waals surface area contributed by atoms with Gasteiger partial charge in [-0.15, -0.1) is 0 Å². The molecule has 2 amide bonds. The van der Waals surface area contributed by atoms with Crippen LogP contribution in [0.4, 0.5) is 0 Å². The van der Waals surface area contributed by atoms with E-state index in [2.05, 4.69) is 0 Å². The van der Waals surface area contributed by atoms with Crippen LogP contribution in [-0.4, -0.2) is 59.0 Å². The van der Waals surface area contributed by atoms with Gasteiger partial charge in [0.2, 0.25) is 11.8 Å². The van der Waals surface area contributed by atoms with Gasteiger partial charge in [0, 0.05) is 44.4 Å². The lowest BCUT2D eigenvalue weighted by Crippen LogP contribution is -2.49. The molecule has 2 heterocycles. The van der Waals surface area contributed by atoms with Gasteiger partial charge in [-0.1, -0.05) is 6.42 Å². The van der Waals surface area contributed by atoms with Crippen molar-refractivity contribution in [2.24, 2.45) is 5.41 Å². The van der Waals surface area contributed by atoms with Crippen molar-refractivity contribution in [1.82, 2.24) is 9.80 Å². The smallest absolute Gasteiger partial charge is 0.222 e. The van der Waals surface area contributed by atoms with Crippen molar-refractivity contribution in [2.45, 2.75) is 63.9 Å². The van der Waals surface area contributed by atoms with Crippen LogP contribution in [0.15, 0.2) is 0 Å². The van der Waals surface area contributed by atoms with Crippen molar-refractivity contribution in [3.63, 3.8) is 0 Å². The SMILES string of the molecule is O=C1CCCN1CCCC(=O)N1CCC[C@]2(CCC[C@H]2O)C1. The highest BCUT2D eigenvalue weighted by Gasteiger charge is 2.45. The molecular formula is C17H28N2O3. The third kappa shape index (κ3) is 3.14. The van der Waals surface area contributed by atoms with E-state index >= 15 is 0 Å². The summed E-state index contributed by atoms with van der Waals surface area (Å²) in [6, 6.07) is 0. The molecule has 3 rings (SSSR count). The molecule has 2 saturated heterocycles. The summed E-state index contributed by atoms with van der Waals surface area (Å²) < 4.78 is 0. The van der Waals surface area contributed by atoms with Crippen molar-refractivity contribution >= 4 is 11.8 Å². The molecule has 124 valence electrons. The quantitative estimate of drug-likeness (QED) is 0.857. The van der Waals surface area contributed by atoms with E-state index in [1.54, 1.807) is 0 Å². The van der Waals surface area contributed by atoms with Gasteiger partial charge in [-0.2, -0.15) is 0 Å². The Kier molecular flexibility index (Phi) is 4.71. The maximum absolute atomic E-state index is 12.4. The molecular weight excluding hydrogens is 280 g/mol. The fraction of sp³-hybridized carbons (Fsp3) is 0.882. The molecule has 1 aliphatic carbocycles. The predicted octanol–water partition coefficient (Wildman–Crippen LogP) is 1.54. The molecule has 0 aromatic heterocycles. The largest absolute Gasteiger partial charge is 0.392 e. The highest BCUT2D eigenvalue weighted by atomic mass is 16.3. The molecule has 5 heteroatoms. The Morgan fingerprint density at radius 3 is 2.73 bits per heavy atom. The maximum atomic E-state index is 12.4.